The van der Waals surface area contributed by atoms with E-state index in [-0.39, 0.29) is 11.9 Å². The molecule has 3 heterocycles. The highest BCUT2D eigenvalue weighted by Gasteiger charge is 2.30. The Bertz CT molecular complexity index is 869. The highest BCUT2D eigenvalue weighted by molar-refractivity contribution is 5.98. The van der Waals surface area contributed by atoms with E-state index in [1.165, 1.54) is 0 Å². The predicted molar refractivity (Wildman–Crippen MR) is 95.8 cm³/mol. The number of rotatable bonds is 5. The topological polar surface area (TPSA) is 63.1 Å². The average molecular weight is 338 g/mol. The second-order valence-electron chi connectivity index (χ2n) is 6.39. The Kier molecular flexibility index (Phi) is 4.17. The lowest BCUT2D eigenvalue weighted by Gasteiger charge is -2.24. The molecule has 0 spiro atoms. The van der Waals surface area contributed by atoms with Crippen LogP contribution >= 0.6 is 0 Å². The molecule has 0 unspecified atom stereocenters. The number of hydrogen-bond donors (Lipinski definition) is 1. The van der Waals surface area contributed by atoms with Gasteiger partial charge in [0.25, 0.3) is 5.91 Å². The first-order valence-corrected chi connectivity index (χ1v) is 8.78. The third kappa shape index (κ3) is 3.12. The number of benzene rings is 1. The van der Waals surface area contributed by atoms with Gasteiger partial charge < -0.3 is 14.6 Å². The third-order valence-corrected chi connectivity index (χ3v) is 4.73. The monoisotopic (exact) mass is 338 g/mol. The minimum atomic E-state index is 0.0591. The molecule has 130 valence electrons. The van der Waals surface area contributed by atoms with Crippen LogP contribution in [-0.2, 0) is 6.54 Å². The molecule has 0 radical (unpaired) electrons. The zero-order valence-electron chi connectivity index (χ0n) is 14.3. The van der Waals surface area contributed by atoms with Gasteiger partial charge >= 0.3 is 0 Å². The molecule has 0 saturated carbocycles. The van der Waals surface area contributed by atoms with Gasteiger partial charge in [0.15, 0.2) is 0 Å². The van der Waals surface area contributed by atoms with Crippen molar-refractivity contribution in [2.24, 2.45) is 0 Å². The zero-order chi connectivity index (χ0) is 17.2. The van der Waals surface area contributed by atoms with Crippen molar-refractivity contribution in [2.45, 2.75) is 32.4 Å². The summed E-state index contributed by atoms with van der Waals surface area (Å²) < 4.78 is 7.43. The molecule has 1 fully saturated rings. The summed E-state index contributed by atoms with van der Waals surface area (Å²) in [5.41, 5.74) is 1.56. The van der Waals surface area contributed by atoms with Crippen molar-refractivity contribution in [3.05, 3.63) is 48.4 Å². The molecule has 6 heteroatoms. The van der Waals surface area contributed by atoms with E-state index in [0.29, 0.717) is 12.3 Å². The number of ether oxygens (including phenoxy) is 1. The lowest BCUT2D eigenvalue weighted by Crippen LogP contribution is -2.38. The van der Waals surface area contributed by atoms with E-state index in [4.69, 9.17) is 4.74 Å². The van der Waals surface area contributed by atoms with E-state index in [1.807, 2.05) is 53.0 Å². The van der Waals surface area contributed by atoms with Crippen LogP contribution in [0.2, 0.25) is 0 Å². The molecule has 1 aliphatic heterocycles. The lowest BCUT2D eigenvalue weighted by atomic mass is 10.2. The maximum Gasteiger partial charge on any atom is 0.270 e. The first-order chi connectivity index (χ1) is 12.2. The number of fused-ring (bicyclic) bond motifs is 1. The van der Waals surface area contributed by atoms with Crippen LogP contribution < -0.4 is 4.74 Å². The maximum absolute atomic E-state index is 13.0. The molecule has 0 aliphatic carbocycles. The molecule has 3 aromatic rings. The Morgan fingerprint density at radius 1 is 1.40 bits per heavy atom. The molecule has 4 rings (SSSR count). The quantitative estimate of drug-likeness (QED) is 0.778. The third-order valence-electron chi connectivity index (χ3n) is 4.73. The van der Waals surface area contributed by atoms with Gasteiger partial charge in [0.05, 0.1) is 19.2 Å². The molecular weight excluding hydrogens is 316 g/mol. The van der Waals surface area contributed by atoms with Crippen LogP contribution in [0, 0.1) is 0 Å². The highest BCUT2D eigenvalue weighted by Crippen LogP contribution is 2.25. The van der Waals surface area contributed by atoms with E-state index < -0.39 is 0 Å². The maximum atomic E-state index is 13.0. The number of hydrogen-bond acceptors (Lipinski definition) is 3. The summed E-state index contributed by atoms with van der Waals surface area (Å²) in [6.07, 6.45) is 5.76. The number of aromatic nitrogens is 3. The van der Waals surface area contributed by atoms with Crippen LogP contribution in [0.1, 0.15) is 30.3 Å². The van der Waals surface area contributed by atoms with Crippen LogP contribution in [0.4, 0.5) is 0 Å². The van der Waals surface area contributed by atoms with Crippen molar-refractivity contribution in [3.8, 4) is 5.75 Å². The van der Waals surface area contributed by atoms with Gasteiger partial charge in [-0.1, -0.05) is 0 Å². The lowest BCUT2D eigenvalue weighted by molar-refractivity contribution is 0.0716. The molecule has 25 heavy (non-hydrogen) atoms. The van der Waals surface area contributed by atoms with Gasteiger partial charge in [-0.2, -0.15) is 5.10 Å². The first-order valence-electron chi connectivity index (χ1n) is 8.78. The van der Waals surface area contributed by atoms with Gasteiger partial charge in [0.1, 0.15) is 11.4 Å². The van der Waals surface area contributed by atoms with Crippen molar-refractivity contribution >= 4 is 16.8 Å². The molecule has 1 aliphatic rings. The van der Waals surface area contributed by atoms with Crippen LogP contribution in [-0.4, -0.2) is 44.8 Å². The molecular formula is C19H22N4O2. The fourth-order valence-electron chi connectivity index (χ4n) is 3.55. The van der Waals surface area contributed by atoms with Gasteiger partial charge in [0, 0.05) is 35.9 Å². The zero-order valence-corrected chi connectivity index (χ0v) is 14.3. The summed E-state index contributed by atoms with van der Waals surface area (Å²) in [4.78, 5) is 18.2. The number of likely N-dealkylation sites (tertiary alicyclic amines) is 1. The SMILES string of the molecule is CCOc1ccc2cc(C(=O)N3CCC[C@H]3Cn3cccn3)[nH]c2c1. The van der Waals surface area contributed by atoms with Crippen LogP contribution in [0.5, 0.6) is 5.75 Å². The smallest absolute Gasteiger partial charge is 0.270 e. The van der Waals surface area contributed by atoms with Gasteiger partial charge in [0.2, 0.25) is 0 Å². The number of H-pyrrole nitrogens is 1. The van der Waals surface area contributed by atoms with Crippen molar-refractivity contribution in [1.82, 2.24) is 19.7 Å². The van der Waals surface area contributed by atoms with Crippen LogP contribution in [0.15, 0.2) is 42.7 Å². The van der Waals surface area contributed by atoms with E-state index >= 15 is 0 Å². The fraction of sp³-hybridized carbons (Fsp3) is 0.368. The fourth-order valence-corrected chi connectivity index (χ4v) is 3.55. The Morgan fingerprint density at radius 3 is 3.12 bits per heavy atom. The molecule has 1 atom stereocenters. The molecule has 6 nitrogen and oxygen atoms in total. The van der Waals surface area contributed by atoms with Gasteiger partial charge in [-0.05, 0) is 44.0 Å². The second kappa shape index (κ2) is 6.63. The normalized spacial score (nSPS) is 17.3. The number of carbonyl (C=O) groups is 1. The summed E-state index contributed by atoms with van der Waals surface area (Å²) in [5, 5.41) is 5.29. The number of aromatic amines is 1. The largest absolute Gasteiger partial charge is 0.494 e. The van der Waals surface area contributed by atoms with Crippen molar-refractivity contribution in [1.29, 1.82) is 0 Å². The van der Waals surface area contributed by atoms with Gasteiger partial charge in [-0.15, -0.1) is 0 Å². The van der Waals surface area contributed by atoms with Crippen molar-refractivity contribution in [3.63, 3.8) is 0 Å². The van der Waals surface area contributed by atoms with E-state index in [9.17, 15) is 4.79 Å². The van der Waals surface area contributed by atoms with E-state index in [2.05, 4.69) is 10.1 Å². The van der Waals surface area contributed by atoms with Crippen molar-refractivity contribution < 1.29 is 9.53 Å². The van der Waals surface area contributed by atoms with Gasteiger partial charge in [-0.3, -0.25) is 9.48 Å². The Balaban J connectivity index is 1.55. The number of carbonyl (C=O) groups excluding carboxylic acids is 1. The standard InChI is InChI=1S/C19H22N4O2/c1-2-25-16-7-6-14-11-18(21-17(14)12-16)19(24)23-10-3-5-15(23)13-22-9-4-8-20-22/h4,6-9,11-12,15,21H,2-3,5,10,13H2,1H3/t15-/m0/s1. The Hall–Kier alpha value is -2.76. The van der Waals surface area contributed by atoms with Crippen LogP contribution in [0.25, 0.3) is 10.9 Å². The van der Waals surface area contributed by atoms with E-state index in [1.54, 1.807) is 6.20 Å². The average Bonchev–Trinajstić information content (AvgIpc) is 3.35. The summed E-state index contributed by atoms with van der Waals surface area (Å²) in [6, 6.07) is 9.90. The predicted octanol–water partition coefficient (Wildman–Crippen LogP) is 3.07. The Labute approximate surface area is 146 Å². The summed E-state index contributed by atoms with van der Waals surface area (Å²) in [7, 11) is 0. The summed E-state index contributed by atoms with van der Waals surface area (Å²) >= 11 is 0. The Morgan fingerprint density at radius 2 is 2.32 bits per heavy atom. The second-order valence-corrected chi connectivity index (χ2v) is 6.39. The van der Waals surface area contributed by atoms with Gasteiger partial charge in [-0.25, -0.2) is 0 Å². The summed E-state index contributed by atoms with van der Waals surface area (Å²) in [5.74, 6) is 0.873. The molecule has 1 N–H and O–H groups in total. The molecule has 1 amide bonds. The molecule has 1 aromatic carbocycles. The van der Waals surface area contributed by atoms with Crippen molar-refractivity contribution in [2.75, 3.05) is 13.2 Å². The highest BCUT2D eigenvalue weighted by atomic mass is 16.5. The van der Waals surface area contributed by atoms with E-state index in [0.717, 1.165) is 42.6 Å². The number of nitrogens with one attached hydrogen (secondary N) is 1. The van der Waals surface area contributed by atoms with Crippen LogP contribution in [0.3, 0.4) is 0 Å². The minimum Gasteiger partial charge on any atom is -0.494 e. The molecule has 1 saturated heterocycles. The number of nitrogens with zero attached hydrogens (tertiary/aromatic N) is 3. The first kappa shape index (κ1) is 15.7. The minimum absolute atomic E-state index is 0.0591. The molecule has 0 bridgehead atoms. The number of amides is 1. The summed E-state index contributed by atoms with van der Waals surface area (Å²) in [6.45, 7) is 4.12. The molecule has 2 aromatic heterocycles.